The number of likely N-dealkylation sites (tertiary alicyclic amines) is 1. The third kappa shape index (κ3) is 2.17. The van der Waals surface area contributed by atoms with Gasteiger partial charge in [0.1, 0.15) is 6.61 Å². The highest BCUT2D eigenvalue weighted by atomic mass is 16.6. The third-order valence-electron chi connectivity index (χ3n) is 2.65. The maximum absolute atomic E-state index is 11.6. The van der Waals surface area contributed by atoms with Crippen molar-refractivity contribution in [3.63, 3.8) is 0 Å². The SMILES string of the molecule is C#C[C@@H]1CCN1C(=O)OCc1ccccc1. The molecule has 2 rings (SSSR count). The zero-order valence-electron chi connectivity index (χ0n) is 8.93. The number of terminal acetylenes is 1. The first-order chi connectivity index (χ1) is 7.81. The molecule has 0 radical (unpaired) electrons. The number of benzene rings is 1. The molecule has 0 N–H and O–H groups in total. The molecular weight excluding hydrogens is 202 g/mol. The highest BCUT2D eigenvalue weighted by molar-refractivity contribution is 5.69. The van der Waals surface area contributed by atoms with Crippen LogP contribution in [0.3, 0.4) is 0 Å². The summed E-state index contributed by atoms with van der Waals surface area (Å²) in [6, 6.07) is 9.51. The van der Waals surface area contributed by atoms with Crippen molar-refractivity contribution in [2.75, 3.05) is 6.54 Å². The van der Waals surface area contributed by atoms with Gasteiger partial charge in [0.05, 0.1) is 6.04 Å². The highest BCUT2D eigenvalue weighted by Gasteiger charge is 2.31. The Morgan fingerprint density at radius 3 is 2.81 bits per heavy atom. The Balaban J connectivity index is 1.83. The molecule has 82 valence electrons. The maximum atomic E-state index is 11.6. The molecule has 16 heavy (non-hydrogen) atoms. The minimum Gasteiger partial charge on any atom is -0.445 e. The van der Waals surface area contributed by atoms with Crippen molar-refractivity contribution >= 4 is 6.09 Å². The Morgan fingerprint density at radius 1 is 1.50 bits per heavy atom. The van der Waals surface area contributed by atoms with Crippen LogP contribution in [-0.4, -0.2) is 23.6 Å². The van der Waals surface area contributed by atoms with E-state index in [4.69, 9.17) is 11.2 Å². The molecule has 1 aromatic carbocycles. The number of ether oxygens (including phenoxy) is 1. The van der Waals surface area contributed by atoms with Gasteiger partial charge in [0.25, 0.3) is 0 Å². The fraction of sp³-hybridized carbons (Fsp3) is 0.308. The molecule has 1 aromatic rings. The molecule has 0 spiro atoms. The number of hydrogen-bond donors (Lipinski definition) is 0. The summed E-state index contributed by atoms with van der Waals surface area (Å²) >= 11 is 0. The zero-order chi connectivity index (χ0) is 11.4. The lowest BCUT2D eigenvalue weighted by atomic mass is 10.1. The molecule has 0 bridgehead atoms. The van der Waals surface area contributed by atoms with E-state index in [1.165, 1.54) is 0 Å². The lowest BCUT2D eigenvalue weighted by Crippen LogP contribution is -2.50. The summed E-state index contributed by atoms with van der Waals surface area (Å²) in [5.74, 6) is 2.56. The summed E-state index contributed by atoms with van der Waals surface area (Å²) in [4.78, 5) is 13.1. The van der Waals surface area contributed by atoms with E-state index in [1.807, 2.05) is 30.3 Å². The Hall–Kier alpha value is -1.95. The molecule has 3 nitrogen and oxygen atoms in total. The summed E-state index contributed by atoms with van der Waals surface area (Å²) in [5, 5.41) is 0. The van der Waals surface area contributed by atoms with Gasteiger partial charge in [0.2, 0.25) is 0 Å². The predicted molar refractivity (Wildman–Crippen MR) is 60.6 cm³/mol. The second-order valence-corrected chi connectivity index (χ2v) is 3.70. The van der Waals surface area contributed by atoms with Crippen molar-refractivity contribution in [1.82, 2.24) is 4.90 Å². The van der Waals surface area contributed by atoms with Gasteiger partial charge >= 0.3 is 6.09 Å². The minimum atomic E-state index is -0.321. The van der Waals surface area contributed by atoms with Crippen molar-refractivity contribution in [3.05, 3.63) is 35.9 Å². The normalized spacial score (nSPS) is 18.4. The number of carbonyl (C=O) groups is 1. The number of amides is 1. The van der Waals surface area contributed by atoms with E-state index in [0.717, 1.165) is 12.0 Å². The monoisotopic (exact) mass is 215 g/mol. The summed E-state index contributed by atoms with van der Waals surface area (Å²) in [5.41, 5.74) is 0.980. The van der Waals surface area contributed by atoms with Crippen LogP contribution in [0.2, 0.25) is 0 Å². The second kappa shape index (κ2) is 4.71. The summed E-state index contributed by atoms with van der Waals surface area (Å²) in [6.45, 7) is 0.996. The molecule has 1 aliphatic heterocycles. The minimum absolute atomic E-state index is 0.0803. The quantitative estimate of drug-likeness (QED) is 0.706. The first-order valence-electron chi connectivity index (χ1n) is 5.24. The fourth-order valence-electron chi connectivity index (χ4n) is 1.58. The Kier molecular flexibility index (Phi) is 3.11. The van der Waals surface area contributed by atoms with Crippen LogP contribution in [0, 0.1) is 12.3 Å². The van der Waals surface area contributed by atoms with Crippen LogP contribution in [0.25, 0.3) is 0 Å². The molecule has 1 heterocycles. The molecule has 1 atom stereocenters. The topological polar surface area (TPSA) is 29.5 Å². The lowest BCUT2D eigenvalue weighted by molar-refractivity contribution is 0.0600. The van der Waals surface area contributed by atoms with Crippen molar-refractivity contribution in [1.29, 1.82) is 0 Å². The van der Waals surface area contributed by atoms with Crippen LogP contribution in [0.1, 0.15) is 12.0 Å². The Bertz CT molecular complexity index is 408. The number of rotatable bonds is 2. The van der Waals surface area contributed by atoms with Gasteiger partial charge in [0.15, 0.2) is 0 Å². The van der Waals surface area contributed by atoms with E-state index in [1.54, 1.807) is 4.90 Å². The second-order valence-electron chi connectivity index (χ2n) is 3.70. The van der Waals surface area contributed by atoms with Crippen LogP contribution >= 0.6 is 0 Å². The van der Waals surface area contributed by atoms with E-state index in [-0.39, 0.29) is 12.1 Å². The summed E-state index contributed by atoms with van der Waals surface area (Å²) < 4.78 is 5.16. The average molecular weight is 215 g/mol. The number of hydrogen-bond acceptors (Lipinski definition) is 2. The molecule has 3 heteroatoms. The molecule has 0 aromatic heterocycles. The largest absolute Gasteiger partial charge is 0.445 e. The van der Waals surface area contributed by atoms with Crippen molar-refractivity contribution < 1.29 is 9.53 Å². The Labute approximate surface area is 95.0 Å². The van der Waals surface area contributed by atoms with Crippen LogP contribution in [0.4, 0.5) is 4.79 Å². The Morgan fingerprint density at radius 2 is 2.25 bits per heavy atom. The lowest BCUT2D eigenvalue weighted by Gasteiger charge is -2.36. The molecule has 0 unspecified atom stereocenters. The summed E-state index contributed by atoms with van der Waals surface area (Å²) in [6.07, 6.45) is 5.82. The maximum Gasteiger partial charge on any atom is 0.411 e. The van der Waals surface area contributed by atoms with E-state index >= 15 is 0 Å². The van der Waals surface area contributed by atoms with Crippen molar-refractivity contribution in [3.8, 4) is 12.3 Å². The van der Waals surface area contributed by atoms with Gasteiger partial charge in [-0.15, -0.1) is 6.42 Å². The smallest absolute Gasteiger partial charge is 0.411 e. The van der Waals surface area contributed by atoms with E-state index in [9.17, 15) is 4.79 Å². The molecule has 1 saturated heterocycles. The predicted octanol–water partition coefficient (Wildman–Crippen LogP) is 2.03. The van der Waals surface area contributed by atoms with Crippen LogP contribution < -0.4 is 0 Å². The molecule has 0 aliphatic carbocycles. The zero-order valence-corrected chi connectivity index (χ0v) is 8.93. The molecule has 0 saturated carbocycles. The van der Waals surface area contributed by atoms with Crippen LogP contribution in [0.5, 0.6) is 0 Å². The van der Waals surface area contributed by atoms with Crippen LogP contribution in [-0.2, 0) is 11.3 Å². The van der Waals surface area contributed by atoms with Crippen LogP contribution in [0.15, 0.2) is 30.3 Å². The number of carbonyl (C=O) groups excluding carboxylic acids is 1. The van der Waals surface area contributed by atoms with Gasteiger partial charge in [-0.3, -0.25) is 4.90 Å². The van der Waals surface area contributed by atoms with Crippen molar-refractivity contribution in [2.24, 2.45) is 0 Å². The van der Waals surface area contributed by atoms with E-state index in [0.29, 0.717) is 13.2 Å². The van der Waals surface area contributed by atoms with Gasteiger partial charge in [-0.25, -0.2) is 4.79 Å². The van der Waals surface area contributed by atoms with Gasteiger partial charge < -0.3 is 4.74 Å². The molecular formula is C13H13NO2. The van der Waals surface area contributed by atoms with E-state index in [2.05, 4.69) is 5.92 Å². The highest BCUT2D eigenvalue weighted by Crippen LogP contribution is 2.17. The standard InChI is InChI=1S/C13H13NO2/c1-2-12-8-9-14(12)13(15)16-10-11-6-4-3-5-7-11/h1,3-7,12H,8-10H2/t12-/m1/s1. The molecule has 1 fully saturated rings. The van der Waals surface area contributed by atoms with Gasteiger partial charge in [-0.1, -0.05) is 36.3 Å². The van der Waals surface area contributed by atoms with E-state index < -0.39 is 0 Å². The van der Waals surface area contributed by atoms with Gasteiger partial charge in [-0.05, 0) is 12.0 Å². The molecule has 1 aliphatic rings. The average Bonchev–Trinajstić information content (AvgIpc) is 2.27. The first kappa shape index (κ1) is 10.6. The van der Waals surface area contributed by atoms with Gasteiger partial charge in [-0.2, -0.15) is 0 Å². The third-order valence-corrected chi connectivity index (χ3v) is 2.65. The molecule has 1 amide bonds. The van der Waals surface area contributed by atoms with Gasteiger partial charge in [0, 0.05) is 6.54 Å². The van der Waals surface area contributed by atoms with Crippen molar-refractivity contribution in [2.45, 2.75) is 19.1 Å². The fourth-order valence-corrected chi connectivity index (χ4v) is 1.58. The first-order valence-corrected chi connectivity index (χ1v) is 5.24. The number of nitrogens with zero attached hydrogens (tertiary/aromatic N) is 1. The summed E-state index contributed by atoms with van der Waals surface area (Å²) in [7, 11) is 0.